The van der Waals surface area contributed by atoms with Crippen molar-refractivity contribution in [1.82, 2.24) is 0 Å². The lowest BCUT2D eigenvalue weighted by Gasteiger charge is -2.30. The molecule has 0 saturated heterocycles. The molecule has 26 heavy (non-hydrogen) atoms. The second-order valence-corrected chi connectivity index (χ2v) is 4.60. The fourth-order valence-electron chi connectivity index (χ4n) is 2.39. The van der Waals surface area contributed by atoms with Crippen LogP contribution in [0.4, 0.5) is 0 Å². The summed E-state index contributed by atoms with van der Waals surface area (Å²) in [7, 11) is 0. The van der Waals surface area contributed by atoms with E-state index in [9.17, 15) is 4.79 Å². The second-order valence-electron chi connectivity index (χ2n) is 4.60. The summed E-state index contributed by atoms with van der Waals surface area (Å²) in [6, 6.07) is 17.4. The summed E-state index contributed by atoms with van der Waals surface area (Å²) >= 11 is 0. The summed E-state index contributed by atoms with van der Waals surface area (Å²) in [5.41, 5.74) is 1.74. The Balaban J connectivity index is 0. The Labute approximate surface area is 161 Å². The first-order valence-electron chi connectivity index (χ1n) is 10.1. The van der Waals surface area contributed by atoms with E-state index in [-0.39, 0.29) is 17.8 Å². The number of rotatable bonds is 1. The van der Waals surface area contributed by atoms with Gasteiger partial charge in [-0.05, 0) is 17.7 Å². The zero-order valence-electron chi connectivity index (χ0n) is 18.2. The van der Waals surface area contributed by atoms with E-state index in [2.05, 4.69) is 0 Å². The van der Waals surface area contributed by atoms with E-state index >= 15 is 0 Å². The molecule has 0 saturated carbocycles. The second kappa shape index (κ2) is 16.4. The Bertz CT molecular complexity index is 576. The van der Waals surface area contributed by atoms with Crippen LogP contribution in [0.15, 0.2) is 54.6 Å². The Morgan fingerprint density at radius 1 is 0.692 bits per heavy atom. The molecule has 146 valence electrons. The average Bonchev–Trinajstić information content (AvgIpc) is 2.77. The molecule has 2 nitrogen and oxygen atoms in total. The summed E-state index contributed by atoms with van der Waals surface area (Å²) in [6.07, 6.45) is -0.186. The highest BCUT2D eigenvalue weighted by Gasteiger charge is 2.34. The maximum absolute atomic E-state index is 12.3. The highest BCUT2D eigenvalue weighted by molar-refractivity contribution is 6.01. The van der Waals surface area contributed by atoms with Crippen LogP contribution in [-0.2, 0) is 0 Å². The predicted molar refractivity (Wildman–Crippen MR) is 115 cm³/mol. The molecule has 1 aliphatic heterocycles. The van der Waals surface area contributed by atoms with Crippen molar-refractivity contribution in [3.05, 3.63) is 65.7 Å². The van der Waals surface area contributed by atoms with Crippen LogP contribution in [0.3, 0.4) is 0 Å². The third-order valence-corrected chi connectivity index (χ3v) is 3.40. The molecule has 1 heterocycles. The number of carbonyl (C=O) groups excluding carboxylic acids is 1. The normalized spacial score (nSPS) is 16.3. The molecule has 2 aromatic rings. The summed E-state index contributed by atoms with van der Waals surface area (Å²) in [6.45, 7) is 17.9. The lowest BCUT2D eigenvalue weighted by atomic mass is 9.87. The minimum absolute atomic E-state index is 0.151. The number of hydrogen-bond donors (Lipinski definition) is 0. The first-order chi connectivity index (χ1) is 12.8. The first kappa shape index (κ1) is 26.1. The van der Waals surface area contributed by atoms with Gasteiger partial charge in [0.2, 0.25) is 0 Å². The van der Waals surface area contributed by atoms with Crippen molar-refractivity contribution < 1.29 is 9.53 Å². The van der Waals surface area contributed by atoms with E-state index < -0.39 is 0 Å². The third kappa shape index (κ3) is 7.03. The van der Waals surface area contributed by atoms with Gasteiger partial charge in [-0.25, -0.2) is 0 Å². The van der Waals surface area contributed by atoms with Gasteiger partial charge >= 0.3 is 0 Å². The quantitative estimate of drug-likeness (QED) is 0.521. The molecule has 0 aliphatic carbocycles. The van der Waals surface area contributed by atoms with Crippen LogP contribution in [-0.4, -0.2) is 5.78 Å². The van der Waals surface area contributed by atoms with Gasteiger partial charge in [-0.15, -0.1) is 0 Å². The molecule has 0 bridgehead atoms. The summed E-state index contributed by atoms with van der Waals surface area (Å²) in [5.74, 6) is 0.697. The van der Waals surface area contributed by atoms with Crippen LogP contribution in [0.25, 0.3) is 0 Å². The van der Waals surface area contributed by atoms with Crippen molar-refractivity contribution in [2.24, 2.45) is 5.92 Å². The monoisotopic (exact) mass is 358 g/mol. The number of fused-ring (bicyclic) bond motifs is 1. The number of benzene rings is 2. The van der Waals surface area contributed by atoms with Gasteiger partial charge in [0.25, 0.3) is 0 Å². The van der Waals surface area contributed by atoms with Crippen LogP contribution in [0.2, 0.25) is 0 Å². The molecule has 0 aromatic heterocycles. The smallest absolute Gasteiger partial charge is 0.173 e. The van der Waals surface area contributed by atoms with Crippen LogP contribution in [0.5, 0.6) is 5.75 Å². The molecule has 0 fully saturated rings. The largest absolute Gasteiger partial charge is 0.484 e. The number of Topliss-reactive ketones (excluding diaryl/α,β-unsaturated/α-hetero) is 1. The standard InChI is InChI=1S/C16H14O2.4C2H6/c1-11-15(17)13-9-5-6-10-14(13)18-16(11)12-7-3-2-4-8-12;4*1-2/h2-11,16H,1H3;4*1-2H3. The van der Waals surface area contributed by atoms with Crippen molar-refractivity contribution in [1.29, 1.82) is 0 Å². The Hall–Kier alpha value is -2.09. The van der Waals surface area contributed by atoms with Crippen molar-refractivity contribution in [3.63, 3.8) is 0 Å². The van der Waals surface area contributed by atoms with E-state index in [1.165, 1.54) is 0 Å². The van der Waals surface area contributed by atoms with E-state index in [0.717, 1.165) is 5.56 Å². The maximum Gasteiger partial charge on any atom is 0.173 e. The fourth-order valence-corrected chi connectivity index (χ4v) is 2.39. The van der Waals surface area contributed by atoms with Gasteiger partial charge in [0, 0.05) is 0 Å². The summed E-state index contributed by atoms with van der Waals surface area (Å²) in [5, 5.41) is 0. The Morgan fingerprint density at radius 2 is 1.15 bits per heavy atom. The van der Waals surface area contributed by atoms with Gasteiger partial charge in [-0.2, -0.15) is 0 Å². The van der Waals surface area contributed by atoms with Gasteiger partial charge in [-0.3, -0.25) is 4.79 Å². The number of ether oxygens (including phenoxy) is 1. The van der Waals surface area contributed by atoms with Crippen LogP contribution in [0.1, 0.15) is 84.3 Å². The lowest BCUT2D eigenvalue weighted by molar-refractivity contribution is 0.0690. The van der Waals surface area contributed by atoms with Gasteiger partial charge in [0.1, 0.15) is 11.9 Å². The summed E-state index contributed by atoms with van der Waals surface area (Å²) < 4.78 is 5.98. The maximum atomic E-state index is 12.3. The zero-order valence-corrected chi connectivity index (χ0v) is 18.2. The molecule has 2 aromatic carbocycles. The summed E-state index contributed by atoms with van der Waals surface area (Å²) in [4.78, 5) is 12.3. The molecule has 2 unspecified atom stereocenters. The first-order valence-corrected chi connectivity index (χ1v) is 10.1. The van der Waals surface area contributed by atoms with E-state index in [1.807, 2.05) is 117 Å². The molecule has 1 aliphatic rings. The van der Waals surface area contributed by atoms with E-state index in [0.29, 0.717) is 11.3 Å². The molecular weight excluding hydrogens is 320 g/mol. The molecule has 0 N–H and O–H groups in total. The van der Waals surface area contributed by atoms with Crippen molar-refractivity contribution in [2.75, 3.05) is 0 Å². The van der Waals surface area contributed by atoms with Gasteiger partial charge < -0.3 is 4.74 Å². The average molecular weight is 359 g/mol. The number of carbonyl (C=O) groups is 1. The highest BCUT2D eigenvalue weighted by atomic mass is 16.5. The van der Waals surface area contributed by atoms with Crippen LogP contribution in [0, 0.1) is 5.92 Å². The molecule has 3 rings (SSSR count). The fraction of sp³-hybridized carbons (Fsp3) is 0.458. The van der Waals surface area contributed by atoms with Crippen LogP contribution < -0.4 is 4.74 Å². The predicted octanol–water partition coefficient (Wildman–Crippen LogP) is 7.74. The molecule has 0 radical (unpaired) electrons. The molecule has 0 spiro atoms. The van der Waals surface area contributed by atoms with Gasteiger partial charge in [0.15, 0.2) is 5.78 Å². The SMILES string of the molecule is CC.CC.CC.CC.CC1C(=O)c2ccccc2OC1c1ccccc1. The van der Waals surface area contributed by atoms with Gasteiger partial charge in [0.05, 0.1) is 11.5 Å². The van der Waals surface area contributed by atoms with Crippen molar-refractivity contribution in [3.8, 4) is 5.75 Å². The van der Waals surface area contributed by atoms with Crippen LogP contribution >= 0.6 is 0 Å². The Kier molecular flexibility index (Phi) is 16.5. The number of hydrogen-bond acceptors (Lipinski definition) is 2. The third-order valence-electron chi connectivity index (χ3n) is 3.40. The topological polar surface area (TPSA) is 26.3 Å². The van der Waals surface area contributed by atoms with Gasteiger partial charge in [-0.1, -0.05) is 105 Å². The molecule has 0 amide bonds. The zero-order chi connectivity index (χ0) is 20.5. The molecule has 2 atom stereocenters. The molecular formula is C24H38O2. The minimum Gasteiger partial charge on any atom is -0.484 e. The number of ketones is 1. The van der Waals surface area contributed by atoms with E-state index in [1.54, 1.807) is 0 Å². The number of para-hydroxylation sites is 1. The van der Waals surface area contributed by atoms with Crippen molar-refractivity contribution in [2.45, 2.75) is 68.4 Å². The Morgan fingerprint density at radius 3 is 1.69 bits per heavy atom. The van der Waals surface area contributed by atoms with E-state index in [4.69, 9.17) is 4.74 Å². The minimum atomic E-state index is -0.186. The van der Waals surface area contributed by atoms with Crippen molar-refractivity contribution >= 4 is 5.78 Å². The molecule has 2 heteroatoms. The highest BCUT2D eigenvalue weighted by Crippen LogP contribution is 2.38. The lowest BCUT2D eigenvalue weighted by Crippen LogP contribution is -2.29.